The number of carbonyl (C=O) groups excluding carboxylic acids is 1. The molecule has 0 radical (unpaired) electrons. The van der Waals surface area contributed by atoms with Crippen LogP contribution in [0.25, 0.3) is 0 Å². The molecule has 0 aliphatic heterocycles. The maximum atomic E-state index is 12.4. The smallest absolute Gasteiger partial charge is 0.230 e. The van der Waals surface area contributed by atoms with Crippen molar-refractivity contribution in [1.82, 2.24) is 5.32 Å². The van der Waals surface area contributed by atoms with E-state index in [1.54, 1.807) is 33.1 Å². The molecule has 0 aromatic heterocycles. The Kier molecular flexibility index (Phi) is 6.73. The molecule has 2 aromatic rings. The molecule has 3 rings (SSSR count). The Hall–Kier alpha value is -2.34. The van der Waals surface area contributed by atoms with E-state index < -0.39 is 0 Å². The van der Waals surface area contributed by atoms with Gasteiger partial charge < -0.3 is 19.5 Å². The van der Waals surface area contributed by atoms with E-state index in [2.05, 4.69) is 23.5 Å². The molecule has 1 aliphatic carbocycles. The molecule has 0 bridgehead atoms. The predicted molar refractivity (Wildman–Crippen MR) is 112 cm³/mol. The van der Waals surface area contributed by atoms with Crippen LogP contribution in [0.3, 0.4) is 0 Å². The van der Waals surface area contributed by atoms with E-state index in [0.29, 0.717) is 23.0 Å². The number of rotatable bonds is 8. The molecule has 5 nitrogen and oxygen atoms in total. The molecular formula is C22H27NO4S. The van der Waals surface area contributed by atoms with Crippen LogP contribution in [0.5, 0.6) is 17.2 Å². The zero-order valence-corrected chi connectivity index (χ0v) is 17.7. The van der Waals surface area contributed by atoms with Crippen LogP contribution >= 0.6 is 11.8 Å². The summed E-state index contributed by atoms with van der Waals surface area (Å²) in [5, 5.41) is 3.05. The number of aryl methyl sites for hydroxylation is 2. The monoisotopic (exact) mass is 401 g/mol. The van der Waals surface area contributed by atoms with Gasteiger partial charge in [-0.15, -0.1) is 11.8 Å². The first-order chi connectivity index (χ1) is 13.5. The van der Waals surface area contributed by atoms with Crippen molar-refractivity contribution in [3.05, 3.63) is 47.0 Å². The van der Waals surface area contributed by atoms with Gasteiger partial charge in [0.1, 0.15) is 0 Å². The molecule has 150 valence electrons. The summed E-state index contributed by atoms with van der Waals surface area (Å²) < 4.78 is 16.1. The molecule has 1 atom stereocenters. The summed E-state index contributed by atoms with van der Waals surface area (Å²) in [4.78, 5) is 13.6. The van der Waals surface area contributed by atoms with Crippen molar-refractivity contribution in [3.8, 4) is 17.2 Å². The fourth-order valence-electron chi connectivity index (χ4n) is 3.50. The van der Waals surface area contributed by atoms with Crippen LogP contribution in [0.15, 0.2) is 35.2 Å². The van der Waals surface area contributed by atoms with Gasteiger partial charge >= 0.3 is 0 Å². The lowest BCUT2D eigenvalue weighted by Gasteiger charge is -2.18. The Morgan fingerprint density at radius 3 is 2.36 bits per heavy atom. The van der Waals surface area contributed by atoms with Crippen molar-refractivity contribution in [3.63, 3.8) is 0 Å². The molecule has 0 fully saturated rings. The fourth-order valence-corrected chi connectivity index (χ4v) is 4.28. The van der Waals surface area contributed by atoms with Crippen molar-refractivity contribution < 1.29 is 19.0 Å². The molecule has 0 saturated carbocycles. The molecule has 28 heavy (non-hydrogen) atoms. The highest BCUT2D eigenvalue weighted by molar-refractivity contribution is 8.00. The van der Waals surface area contributed by atoms with Crippen molar-refractivity contribution in [1.29, 1.82) is 0 Å². The maximum Gasteiger partial charge on any atom is 0.230 e. The second kappa shape index (κ2) is 9.24. The number of benzene rings is 2. The lowest BCUT2D eigenvalue weighted by atomic mass is 10.1. The Morgan fingerprint density at radius 2 is 1.71 bits per heavy atom. The summed E-state index contributed by atoms with van der Waals surface area (Å²) in [7, 11) is 4.73. The van der Waals surface area contributed by atoms with E-state index >= 15 is 0 Å². The quantitative estimate of drug-likeness (QED) is 0.673. The molecule has 2 aromatic carbocycles. The van der Waals surface area contributed by atoms with Crippen LogP contribution in [0.1, 0.15) is 36.1 Å². The van der Waals surface area contributed by atoms with Crippen LogP contribution in [0.2, 0.25) is 0 Å². The number of hydrogen-bond acceptors (Lipinski definition) is 5. The van der Waals surface area contributed by atoms with Crippen molar-refractivity contribution in [2.75, 3.05) is 27.1 Å². The largest absolute Gasteiger partial charge is 0.493 e. The van der Waals surface area contributed by atoms with E-state index in [1.165, 1.54) is 24.0 Å². The SMILES string of the molecule is COc1cc(C(C)NC(=O)CSc2ccc3c(c2)CCC3)cc(OC)c1OC. The number of ether oxygens (including phenoxy) is 3. The van der Waals surface area contributed by atoms with E-state index in [1.807, 2.05) is 19.1 Å². The number of amides is 1. The highest BCUT2D eigenvalue weighted by Gasteiger charge is 2.18. The van der Waals surface area contributed by atoms with Crippen LogP contribution < -0.4 is 19.5 Å². The molecular weight excluding hydrogens is 374 g/mol. The summed E-state index contributed by atoms with van der Waals surface area (Å²) in [6, 6.07) is 10.1. The Labute approximate surface area is 170 Å². The lowest BCUT2D eigenvalue weighted by Crippen LogP contribution is -2.28. The molecule has 0 spiro atoms. The van der Waals surface area contributed by atoms with E-state index in [9.17, 15) is 4.79 Å². The number of fused-ring (bicyclic) bond motifs is 1. The van der Waals surface area contributed by atoms with Gasteiger partial charge in [0.15, 0.2) is 11.5 Å². The molecule has 1 aliphatic rings. The first-order valence-electron chi connectivity index (χ1n) is 9.39. The zero-order valence-electron chi connectivity index (χ0n) is 16.8. The van der Waals surface area contributed by atoms with Crippen molar-refractivity contribution in [2.24, 2.45) is 0 Å². The average molecular weight is 402 g/mol. The third-order valence-electron chi connectivity index (χ3n) is 5.00. The number of hydrogen-bond donors (Lipinski definition) is 1. The van der Waals surface area contributed by atoms with Gasteiger partial charge in [0, 0.05) is 4.90 Å². The highest BCUT2D eigenvalue weighted by atomic mass is 32.2. The predicted octanol–water partition coefficient (Wildman–Crippen LogP) is 4.17. The minimum Gasteiger partial charge on any atom is -0.493 e. The van der Waals surface area contributed by atoms with Crippen molar-refractivity contribution in [2.45, 2.75) is 37.1 Å². The molecule has 1 N–H and O–H groups in total. The van der Waals surface area contributed by atoms with Gasteiger partial charge in [0.05, 0.1) is 33.1 Å². The van der Waals surface area contributed by atoms with E-state index in [0.717, 1.165) is 16.9 Å². The van der Waals surface area contributed by atoms with Crippen LogP contribution in [0, 0.1) is 0 Å². The van der Waals surface area contributed by atoms with Crippen molar-refractivity contribution >= 4 is 17.7 Å². The normalized spacial score (nSPS) is 13.6. The molecule has 0 saturated heterocycles. The first kappa shape index (κ1) is 20.4. The minimum absolute atomic E-state index is 0.00764. The van der Waals surface area contributed by atoms with Gasteiger partial charge in [-0.3, -0.25) is 4.79 Å². The zero-order chi connectivity index (χ0) is 20.1. The fraction of sp³-hybridized carbons (Fsp3) is 0.409. The third-order valence-corrected chi connectivity index (χ3v) is 6.00. The van der Waals surface area contributed by atoms with Gasteiger partial charge in [-0.1, -0.05) is 6.07 Å². The standard InChI is InChI=1S/C22H27NO4S/c1-14(17-11-19(25-2)22(27-4)20(12-17)26-3)23-21(24)13-28-18-9-8-15-6-5-7-16(15)10-18/h8-12,14H,5-7,13H2,1-4H3,(H,23,24). The molecule has 0 heterocycles. The van der Waals surface area contributed by atoms with E-state index in [4.69, 9.17) is 14.2 Å². The second-order valence-corrected chi connectivity index (χ2v) is 7.87. The third kappa shape index (κ3) is 4.55. The number of carbonyl (C=O) groups is 1. The Balaban J connectivity index is 1.62. The summed E-state index contributed by atoms with van der Waals surface area (Å²) in [6.45, 7) is 1.94. The van der Waals surface area contributed by atoms with E-state index in [-0.39, 0.29) is 11.9 Å². The Morgan fingerprint density at radius 1 is 1.04 bits per heavy atom. The van der Waals surface area contributed by atoms with Gasteiger partial charge in [-0.25, -0.2) is 0 Å². The summed E-state index contributed by atoms with van der Waals surface area (Å²) >= 11 is 1.57. The summed E-state index contributed by atoms with van der Waals surface area (Å²) in [5.74, 6) is 2.07. The van der Waals surface area contributed by atoms with Gasteiger partial charge in [0.25, 0.3) is 0 Å². The number of thioether (sulfide) groups is 1. The average Bonchev–Trinajstić information content (AvgIpc) is 3.18. The Bertz CT molecular complexity index is 827. The van der Waals surface area contributed by atoms with Gasteiger partial charge in [-0.2, -0.15) is 0 Å². The molecule has 1 unspecified atom stereocenters. The number of nitrogens with one attached hydrogen (secondary N) is 1. The van der Waals surface area contributed by atoms with Crippen LogP contribution in [-0.2, 0) is 17.6 Å². The van der Waals surface area contributed by atoms with Gasteiger partial charge in [0.2, 0.25) is 11.7 Å². The minimum atomic E-state index is -0.179. The van der Waals surface area contributed by atoms with Crippen LogP contribution in [-0.4, -0.2) is 33.0 Å². The lowest BCUT2D eigenvalue weighted by molar-refractivity contribution is -0.119. The summed E-state index contributed by atoms with van der Waals surface area (Å²) in [5.41, 5.74) is 3.77. The number of methoxy groups -OCH3 is 3. The summed E-state index contributed by atoms with van der Waals surface area (Å²) in [6.07, 6.45) is 3.55. The first-order valence-corrected chi connectivity index (χ1v) is 10.4. The molecule has 6 heteroatoms. The van der Waals surface area contributed by atoms with Crippen LogP contribution in [0.4, 0.5) is 0 Å². The second-order valence-electron chi connectivity index (χ2n) is 6.82. The highest BCUT2D eigenvalue weighted by Crippen LogP contribution is 2.39. The maximum absolute atomic E-state index is 12.4. The topological polar surface area (TPSA) is 56.8 Å². The molecule has 1 amide bonds. The van der Waals surface area contributed by atoms with Gasteiger partial charge in [-0.05, 0) is 67.1 Å².